The molecule has 14 heavy (non-hydrogen) atoms. The van der Waals surface area contributed by atoms with E-state index in [1.807, 2.05) is 0 Å². The Morgan fingerprint density at radius 3 is 2.86 bits per heavy atom. The highest BCUT2D eigenvalue weighted by Gasteiger charge is 2.05. The lowest BCUT2D eigenvalue weighted by atomic mass is 10.1. The Kier molecular flexibility index (Phi) is 3.19. The van der Waals surface area contributed by atoms with Gasteiger partial charge >= 0.3 is 5.97 Å². The van der Waals surface area contributed by atoms with Gasteiger partial charge in [-0.3, -0.25) is 0 Å². The molecule has 0 heterocycles. The summed E-state index contributed by atoms with van der Waals surface area (Å²) < 4.78 is 0. The quantitative estimate of drug-likeness (QED) is 0.287. The van der Waals surface area contributed by atoms with Gasteiger partial charge in [0.2, 0.25) is 0 Å². The third-order valence-electron chi connectivity index (χ3n) is 1.73. The summed E-state index contributed by atoms with van der Waals surface area (Å²) in [5, 5.41) is 8.76. The van der Waals surface area contributed by atoms with Crippen LogP contribution in [0, 0.1) is 6.92 Å². The van der Waals surface area contributed by atoms with Gasteiger partial charge in [-0.2, -0.15) is 0 Å². The van der Waals surface area contributed by atoms with Crippen LogP contribution in [-0.4, -0.2) is 17.4 Å². The Labute approximate surface area is 81.2 Å². The Bertz CT molecular complexity index is 374. The van der Waals surface area contributed by atoms with Crippen molar-refractivity contribution in [2.75, 3.05) is 0 Å². The Morgan fingerprint density at radius 1 is 1.64 bits per heavy atom. The molecule has 0 fully saturated rings. The first-order chi connectivity index (χ1) is 6.65. The minimum Gasteiger partial charge on any atom is -0.478 e. The third kappa shape index (κ3) is 2.30. The molecule has 0 amide bonds. The zero-order valence-electron chi connectivity index (χ0n) is 7.69. The van der Waals surface area contributed by atoms with Gasteiger partial charge in [0.1, 0.15) is 6.34 Å². The summed E-state index contributed by atoms with van der Waals surface area (Å²) in [5.74, 6) is 4.06. The van der Waals surface area contributed by atoms with Crippen LogP contribution in [-0.2, 0) is 0 Å². The molecule has 0 radical (unpaired) electrons. The van der Waals surface area contributed by atoms with Crippen LogP contribution >= 0.6 is 0 Å². The van der Waals surface area contributed by atoms with E-state index in [9.17, 15) is 4.79 Å². The van der Waals surface area contributed by atoms with E-state index in [4.69, 9.17) is 10.9 Å². The van der Waals surface area contributed by atoms with Crippen molar-refractivity contribution in [2.45, 2.75) is 6.92 Å². The van der Waals surface area contributed by atoms with Gasteiger partial charge in [-0.15, -0.1) is 0 Å². The van der Waals surface area contributed by atoms with Crippen molar-refractivity contribution in [3.05, 3.63) is 29.3 Å². The van der Waals surface area contributed by atoms with Gasteiger partial charge in [0.25, 0.3) is 0 Å². The molecule has 5 heteroatoms. The fraction of sp³-hybridized carbons (Fsp3) is 0.111. The van der Waals surface area contributed by atoms with Gasteiger partial charge in [0.05, 0.1) is 11.3 Å². The maximum absolute atomic E-state index is 10.7. The van der Waals surface area contributed by atoms with E-state index in [0.29, 0.717) is 11.3 Å². The molecule has 4 N–H and O–H groups in total. The first-order valence-corrected chi connectivity index (χ1v) is 3.97. The maximum atomic E-state index is 10.7. The summed E-state index contributed by atoms with van der Waals surface area (Å²) in [6.07, 6.45) is 1.33. The molecule has 1 rings (SSSR count). The zero-order chi connectivity index (χ0) is 10.6. The summed E-state index contributed by atoms with van der Waals surface area (Å²) in [5.41, 5.74) is 3.88. The van der Waals surface area contributed by atoms with Crippen molar-refractivity contribution in [3.8, 4) is 0 Å². The van der Waals surface area contributed by atoms with Crippen molar-refractivity contribution in [2.24, 2.45) is 10.8 Å². The van der Waals surface area contributed by atoms with Crippen LogP contribution in [0.4, 0.5) is 5.69 Å². The molecule has 0 aliphatic heterocycles. The Morgan fingerprint density at radius 2 is 2.36 bits per heavy atom. The molecule has 0 spiro atoms. The highest BCUT2D eigenvalue weighted by Crippen LogP contribution is 2.17. The standard InChI is InChI=1S/C9H11N3O2/c1-6-4-7(11-5-12-10)2-3-8(6)9(13)14/h2-5H,10H2,1H3,(H,11,12)(H,13,14). The number of benzene rings is 1. The lowest BCUT2D eigenvalue weighted by molar-refractivity contribution is 0.0696. The monoisotopic (exact) mass is 193 g/mol. The van der Waals surface area contributed by atoms with Gasteiger partial charge < -0.3 is 10.5 Å². The number of nitrogens with zero attached hydrogens (tertiary/aromatic N) is 1. The smallest absolute Gasteiger partial charge is 0.335 e. The number of aliphatic imine (C=N–C) groups is 1. The molecule has 0 atom stereocenters. The van der Waals surface area contributed by atoms with Crippen LogP contribution in [0.15, 0.2) is 23.2 Å². The molecule has 74 valence electrons. The third-order valence-corrected chi connectivity index (χ3v) is 1.73. The number of hydrazine groups is 1. The van der Waals surface area contributed by atoms with Gasteiger partial charge in [-0.25, -0.2) is 15.6 Å². The summed E-state index contributed by atoms with van der Waals surface area (Å²) >= 11 is 0. The Hall–Kier alpha value is -1.88. The number of rotatable bonds is 3. The van der Waals surface area contributed by atoms with Crippen molar-refractivity contribution < 1.29 is 9.90 Å². The molecule has 1 aromatic rings. The predicted molar refractivity (Wildman–Crippen MR) is 53.6 cm³/mol. The Balaban J connectivity index is 3.00. The zero-order valence-corrected chi connectivity index (χ0v) is 7.69. The second-order valence-corrected chi connectivity index (χ2v) is 2.73. The maximum Gasteiger partial charge on any atom is 0.335 e. The number of aromatic carboxylic acids is 1. The van der Waals surface area contributed by atoms with Gasteiger partial charge in [0, 0.05) is 0 Å². The number of carbonyl (C=O) groups is 1. The molecular formula is C9H11N3O2. The van der Waals surface area contributed by atoms with E-state index in [1.165, 1.54) is 12.4 Å². The van der Waals surface area contributed by atoms with E-state index in [0.717, 1.165) is 0 Å². The first kappa shape index (κ1) is 10.2. The SMILES string of the molecule is Cc1cc(N=CNN)ccc1C(=O)O. The fourth-order valence-corrected chi connectivity index (χ4v) is 1.08. The van der Waals surface area contributed by atoms with Gasteiger partial charge in [-0.05, 0) is 30.7 Å². The van der Waals surface area contributed by atoms with E-state index >= 15 is 0 Å². The number of carboxylic acids is 1. The minimum atomic E-state index is -0.935. The van der Waals surface area contributed by atoms with E-state index in [2.05, 4.69) is 10.4 Å². The van der Waals surface area contributed by atoms with Crippen LogP contribution in [0.25, 0.3) is 0 Å². The van der Waals surface area contributed by atoms with Crippen LogP contribution in [0.2, 0.25) is 0 Å². The minimum absolute atomic E-state index is 0.282. The highest BCUT2D eigenvalue weighted by atomic mass is 16.4. The molecule has 0 aliphatic carbocycles. The summed E-state index contributed by atoms with van der Waals surface area (Å²) in [6.45, 7) is 1.72. The highest BCUT2D eigenvalue weighted by molar-refractivity contribution is 5.89. The predicted octanol–water partition coefficient (Wildman–Crippen LogP) is 0.816. The van der Waals surface area contributed by atoms with E-state index in [1.54, 1.807) is 19.1 Å². The molecular weight excluding hydrogens is 182 g/mol. The number of aryl methyl sites for hydroxylation is 1. The summed E-state index contributed by atoms with van der Waals surface area (Å²) in [4.78, 5) is 14.6. The topological polar surface area (TPSA) is 87.7 Å². The van der Waals surface area contributed by atoms with Crippen molar-refractivity contribution in [3.63, 3.8) is 0 Å². The van der Waals surface area contributed by atoms with Crippen LogP contribution in [0.3, 0.4) is 0 Å². The fourth-order valence-electron chi connectivity index (χ4n) is 1.08. The molecule has 0 saturated heterocycles. The number of nitrogens with two attached hydrogens (primary N) is 1. The average molecular weight is 193 g/mol. The van der Waals surface area contributed by atoms with Crippen LogP contribution < -0.4 is 11.3 Å². The second kappa shape index (κ2) is 4.38. The summed E-state index contributed by atoms with van der Waals surface area (Å²) in [6, 6.07) is 4.81. The normalized spacial score (nSPS) is 10.4. The summed E-state index contributed by atoms with van der Waals surface area (Å²) in [7, 11) is 0. The molecule has 5 nitrogen and oxygen atoms in total. The molecule has 1 aromatic carbocycles. The van der Waals surface area contributed by atoms with E-state index < -0.39 is 5.97 Å². The number of hydrogen-bond acceptors (Lipinski definition) is 3. The second-order valence-electron chi connectivity index (χ2n) is 2.73. The molecule has 0 saturated carbocycles. The number of hydrogen-bond donors (Lipinski definition) is 3. The van der Waals surface area contributed by atoms with Gasteiger partial charge in [0.15, 0.2) is 0 Å². The molecule has 0 bridgehead atoms. The average Bonchev–Trinajstić information content (AvgIpc) is 2.14. The lowest BCUT2D eigenvalue weighted by Gasteiger charge is -2.01. The number of nitrogens with one attached hydrogen (secondary N) is 1. The molecule has 0 unspecified atom stereocenters. The molecule has 0 aliphatic rings. The van der Waals surface area contributed by atoms with Crippen molar-refractivity contribution in [1.82, 2.24) is 5.43 Å². The van der Waals surface area contributed by atoms with Crippen LogP contribution in [0.1, 0.15) is 15.9 Å². The molecule has 0 aromatic heterocycles. The van der Waals surface area contributed by atoms with Gasteiger partial charge in [-0.1, -0.05) is 0 Å². The number of carboxylic acid groups (broad SMARTS) is 1. The largest absolute Gasteiger partial charge is 0.478 e. The van der Waals surface area contributed by atoms with Crippen molar-refractivity contribution >= 4 is 18.0 Å². The lowest BCUT2D eigenvalue weighted by Crippen LogP contribution is -2.18. The van der Waals surface area contributed by atoms with Crippen molar-refractivity contribution in [1.29, 1.82) is 0 Å². The first-order valence-electron chi connectivity index (χ1n) is 3.97. The van der Waals surface area contributed by atoms with Crippen LogP contribution in [0.5, 0.6) is 0 Å². The van der Waals surface area contributed by atoms with E-state index in [-0.39, 0.29) is 5.56 Å².